The average molecular weight is 462 g/mol. The highest BCUT2D eigenvalue weighted by Crippen LogP contribution is 2.64. The molecule has 1 amide bonds. The van der Waals surface area contributed by atoms with E-state index < -0.39 is 18.4 Å². The molecule has 3 saturated carbocycles. The fourth-order valence-corrected chi connectivity index (χ4v) is 7.17. The van der Waals surface area contributed by atoms with Crippen LogP contribution in [0, 0.1) is 28.6 Å². The largest absolute Gasteiger partial charge is 0.444 e. The Kier molecular flexibility index (Phi) is 7.44. The molecule has 4 rings (SSSR count). The van der Waals surface area contributed by atoms with E-state index in [1.807, 2.05) is 0 Å². The average Bonchev–Trinajstić information content (AvgIpc) is 2.95. The molecule has 0 aliphatic heterocycles. The lowest BCUT2D eigenvalue weighted by Crippen LogP contribution is -2.49. The number of rotatable bonds is 3. The fraction of sp³-hybridized carbons (Fsp3) is 0.826. The third kappa shape index (κ3) is 4.26. The number of nitrogens with two attached hydrogens (primary N) is 1. The Balaban J connectivity index is 0.000000244. The molecule has 0 aromatic carbocycles. The lowest BCUT2D eigenvalue weighted by atomic mass is 9.48. The van der Waals surface area contributed by atoms with E-state index in [9.17, 15) is 14.0 Å². The monoisotopic (exact) mass is 461 g/mol. The highest BCUT2D eigenvalue weighted by molar-refractivity contribution is 6.21. The van der Waals surface area contributed by atoms with E-state index in [1.54, 1.807) is 5.57 Å². The smallest absolute Gasteiger partial charge is 0.404 e. The second-order valence-electron chi connectivity index (χ2n) is 9.86. The Labute approximate surface area is 189 Å². The van der Waals surface area contributed by atoms with Crippen LogP contribution in [0.3, 0.4) is 0 Å². The van der Waals surface area contributed by atoms with Gasteiger partial charge in [-0.3, -0.25) is 4.79 Å². The van der Waals surface area contributed by atoms with Gasteiger partial charge in [0.15, 0.2) is 12.0 Å². The molecule has 2 N–H and O–H groups in total. The van der Waals surface area contributed by atoms with Crippen LogP contribution < -0.4 is 5.73 Å². The lowest BCUT2D eigenvalue weighted by molar-refractivity contribution is -0.134. The first-order chi connectivity index (χ1) is 14.2. The number of fused-ring (bicyclic) bond motifs is 5. The number of halogens is 3. The first-order valence-corrected chi connectivity index (χ1v) is 12.2. The second-order valence-corrected chi connectivity index (χ2v) is 10.5. The van der Waals surface area contributed by atoms with Crippen molar-refractivity contribution in [1.82, 2.24) is 0 Å². The van der Waals surface area contributed by atoms with Gasteiger partial charge in [-0.25, -0.2) is 9.18 Å². The number of hydrogen-bond acceptors (Lipinski definition) is 3. The zero-order valence-electron chi connectivity index (χ0n) is 18.0. The fourth-order valence-electron chi connectivity index (χ4n) is 6.72. The third-order valence-corrected chi connectivity index (χ3v) is 9.03. The van der Waals surface area contributed by atoms with Crippen LogP contribution in [0.15, 0.2) is 11.6 Å². The van der Waals surface area contributed by atoms with Crippen LogP contribution in [0.2, 0.25) is 0 Å². The van der Waals surface area contributed by atoms with E-state index >= 15 is 0 Å². The molecule has 0 bridgehead atoms. The molecular weight excluding hydrogens is 428 g/mol. The van der Waals surface area contributed by atoms with Crippen molar-refractivity contribution < 1.29 is 18.7 Å². The minimum Gasteiger partial charge on any atom is -0.444 e. The molecule has 30 heavy (non-hydrogen) atoms. The molecule has 170 valence electrons. The normalized spacial score (nSPS) is 39.8. The molecule has 0 spiro atoms. The molecule has 0 radical (unpaired) electrons. The summed E-state index contributed by atoms with van der Waals surface area (Å²) in [5, 5.41) is 0. The molecule has 0 unspecified atom stereocenters. The maximum absolute atomic E-state index is 14.1. The second kappa shape index (κ2) is 9.36. The van der Waals surface area contributed by atoms with Crippen LogP contribution in [0.5, 0.6) is 0 Å². The van der Waals surface area contributed by atoms with Gasteiger partial charge in [0, 0.05) is 5.41 Å². The van der Waals surface area contributed by atoms with Gasteiger partial charge in [0.1, 0.15) is 6.10 Å². The van der Waals surface area contributed by atoms with E-state index in [-0.39, 0.29) is 28.9 Å². The summed E-state index contributed by atoms with van der Waals surface area (Å²) in [5.74, 6) is 1.78. The Hall–Kier alpha value is -0.810. The number of primary amides is 1. The van der Waals surface area contributed by atoms with Crippen molar-refractivity contribution in [3.8, 4) is 0 Å². The lowest BCUT2D eigenvalue weighted by Gasteiger charge is -2.56. The maximum atomic E-state index is 14.1. The summed E-state index contributed by atoms with van der Waals surface area (Å²) < 4.78 is 18.5. The van der Waals surface area contributed by atoms with Crippen LogP contribution >= 0.6 is 23.2 Å². The van der Waals surface area contributed by atoms with E-state index in [4.69, 9.17) is 23.2 Å². The Morgan fingerprint density at radius 1 is 1.23 bits per heavy atom. The van der Waals surface area contributed by atoms with Crippen LogP contribution in [0.1, 0.15) is 65.2 Å². The molecule has 4 aliphatic rings. The van der Waals surface area contributed by atoms with Gasteiger partial charge in [-0.1, -0.05) is 31.9 Å². The molecule has 6 atom stereocenters. The van der Waals surface area contributed by atoms with Crippen molar-refractivity contribution in [2.75, 3.05) is 11.8 Å². The SMILES string of the molecule is C[C@]12CCCCC1=CC[C@@H]1[C@@H]2CC[C@]2(C)C(=O)[C@H](F)C[C@@H]12.NC(=O)OC(CCl)CCl. The van der Waals surface area contributed by atoms with Crippen molar-refractivity contribution in [3.63, 3.8) is 0 Å². The highest BCUT2D eigenvalue weighted by atomic mass is 35.5. The van der Waals surface area contributed by atoms with E-state index in [2.05, 4.69) is 30.4 Å². The number of alkyl halides is 3. The predicted molar refractivity (Wildman–Crippen MR) is 118 cm³/mol. The molecule has 0 saturated heterocycles. The van der Waals surface area contributed by atoms with Gasteiger partial charge in [0.25, 0.3) is 0 Å². The Bertz CT molecular complexity index is 698. The number of allylic oxidation sites excluding steroid dienone is 2. The van der Waals surface area contributed by atoms with Gasteiger partial charge in [-0.2, -0.15) is 0 Å². The van der Waals surface area contributed by atoms with Gasteiger partial charge in [-0.05, 0) is 68.1 Å². The number of carbonyl (C=O) groups excluding carboxylic acids is 2. The topological polar surface area (TPSA) is 69.4 Å². The van der Waals surface area contributed by atoms with Crippen LogP contribution in [-0.4, -0.2) is 35.9 Å². The molecule has 7 heteroatoms. The standard InChI is InChI=1S/C19H27FO.C4H7Cl2NO2/c1-18-9-4-3-5-12(18)6-7-13-14(18)8-10-19(2)15(13)11-16(20)17(19)21;5-1-3(2-6)9-4(7)8/h6,13-16H,3-5,7-11H2,1-2H3;3H,1-2H2,(H2,7,8)/t13-,14+,15+,16-,18+,19+;/m1./s1. The zero-order chi connectivity index (χ0) is 22.1. The van der Waals surface area contributed by atoms with Gasteiger partial charge in [0.2, 0.25) is 0 Å². The third-order valence-electron chi connectivity index (χ3n) is 8.34. The Morgan fingerprint density at radius 2 is 1.93 bits per heavy atom. The molecule has 3 fully saturated rings. The van der Waals surface area contributed by atoms with Crippen LogP contribution in [0.4, 0.5) is 9.18 Å². The summed E-state index contributed by atoms with van der Waals surface area (Å²) >= 11 is 10.6. The van der Waals surface area contributed by atoms with Gasteiger partial charge in [0.05, 0.1) is 11.8 Å². The van der Waals surface area contributed by atoms with Crippen molar-refractivity contribution in [2.24, 2.45) is 34.3 Å². The molecular formula is C23H34Cl2FNO3. The Morgan fingerprint density at radius 3 is 2.53 bits per heavy atom. The highest BCUT2D eigenvalue weighted by Gasteiger charge is 2.61. The van der Waals surface area contributed by atoms with Crippen molar-refractivity contribution in [1.29, 1.82) is 0 Å². The molecule has 0 aromatic heterocycles. The molecule has 4 aliphatic carbocycles. The minimum atomic E-state index is -1.19. The van der Waals surface area contributed by atoms with E-state index in [0.29, 0.717) is 23.7 Å². The maximum Gasteiger partial charge on any atom is 0.404 e. The van der Waals surface area contributed by atoms with E-state index in [1.165, 1.54) is 25.7 Å². The molecule has 0 aromatic rings. The summed E-state index contributed by atoms with van der Waals surface area (Å²) in [5.41, 5.74) is 6.33. The van der Waals surface area contributed by atoms with Crippen molar-refractivity contribution >= 4 is 35.1 Å². The number of ether oxygens (including phenoxy) is 1. The summed E-state index contributed by atoms with van der Waals surface area (Å²) in [6.45, 7) is 4.51. The number of ketones is 1. The molecule has 4 nitrogen and oxygen atoms in total. The number of carbonyl (C=O) groups is 2. The van der Waals surface area contributed by atoms with E-state index in [0.717, 1.165) is 19.3 Å². The number of Topliss-reactive ketones (excluding diaryl/α,β-unsaturated/α-hetero) is 1. The van der Waals surface area contributed by atoms with Crippen molar-refractivity contribution in [3.05, 3.63) is 11.6 Å². The summed E-state index contributed by atoms with van der Waals surface area (Å²) in [4.78, 5) is 22.3. The number of amides is 1. The van der Waals surface area contributed by atoms with Gasteiger partial charge >= 0.3 is 6.09 Å². The first-order valence-electron chi connectivity index (χ1n) is 11.1. The zero-order valence-corrected chi connectivity index (χ0v) is 19.5. The van der Waals surface area contributed by atoms with Crippen LogP contribution in [0.25, 0.3) is 0 Å². The van der Waals surface area contributed by atoms with Crippen LogP contribution in [-0.2, 0) is 9.53 Å². The summed E-state index contributed by atoms with van der Waals surface area (Å²) in [6, 6.07) is 0. The minimum absolute atomic E-state index is 0.0884. The summed E-state index contributed by atoms with van der Waals surface area (Å²) in [6.07, 6.45) is 8.85. The van der Waals surface area contributed by atoms with Crippen molar-refractivity contribution in [2.45, 2.75) is 77.5 Å². The predicted octanol–water partition coefficient (Wildman–Crippen LogP) is 5.78. The molecule has 0 heterocycles. The number of hydrogen-bond donors (Lipinski definition) is 1. The first kappa shape index (κ1) is 23.8. The van der Waals surface area contributed by atoms with Gasteiger partial charge < -0.3 is 10.5 Å². The van der Waals surface area contributed by atoms with Gasteiger partial charge in [-0.15, -0.1) is 23.2 Å². The quantitative estimate of drug-likeness (QED) is 0.427. The summed E-state index contributed by atoms with van der Waals surface area (Å²) in [7, 11) is 0.